The second-order valence-corrected chi connectivity index (χ2v) is 11.1. The van der Waals surface area contributed by atoms with E-state index in [-0.39, 0.29) is 25.6 Å². The molecular weight excluding hydrogens is 578 g/mol. The Balaban J connectivity index is 1.15. The molecule has 1 aliphatic rings. The summed E-state index contributed by atoms with van der Waals surface area (Å²) in [5.41, 5.74) is 7.20. The number of nitrogens with one attached hydrogen (secondary N) is 1. The predicted octanol–water partition coefficient (Wildman–Crippen LogP) is 7.27. The fourth-order valence-electron chi connectivity index (χ4n) is 5.72. The van der Waals surface area contributed by atoms with E-state index in [9.17, 15) is 14.4 Å². The normalized spacial score (nSPS) is 12.3. The lowest BCUT2D eigenvalue weighted by molar-refractivity contribution is -0.147. The summed E-state index contributed by atoms with van der Waals surface area (Å²) in [6, 6.07) is 39.2. The van der Waals surface area contributed by atoms with Crippen LogP contribution in [0.5, 0.6) is 5.75 Å². The van der Waals surface area contributed by atoms with E-state index in [4.69, 9.17) is 14.2 Å². The fourth-order valence-corrected chi connectivity index (χ4v) is 5.72. The Morgan fingerprint density at radius 1 is 0.674 bits per heavy atom. The van der Waals surface area contributed by atoms with Crippen molar-refractivity contribution < 1.29 is 28.6 Å². The lowest BCUT2D eigenvalue weighted by Gasteiger charge is -2.20. The summed E-state index contributed by atoms with van der Waals surface area (Å²) >= 11 is 0. The summed E-state index contributed by atoms with van der Waals surface area (Å²) in [5.74, 6) is -0.315. The van der Waals surface area contributed by atoms with Gasteiger partial charge in [0, 0.05) is 12.3 Å². The number of ether oxygens (including phenoxy) is 3. The van der Waals surface area contributed by atoms with Gasteiger partial charge in [-0.1, -0.05) is 115 Å². The van der Waals surface area contributed by atoms with E-state index in [0.29, 0.717) is 29.8 Å². The van der Waals surface area contributed by atoms with Crippen molar-refractivity contribution in [1.82, 2.24) is 5.32 Å². The monoisotopic (exact) mass is 611 g/mol. The van der Waals surface area contributed by atoms with E-state index in [1.54, 1.807) is 18.2 Å². The highest BCUT2D eigenvalue weighted by Crippen LogP contribution is 2.44. The smallest absolute Gasteiger partial charge is 0.407 e. The third-order valence-corrected chi connectivity index (χ3v) is 8.02. The van der Waals surface area contributed by atoms with Crippen LogP contribution < -0.4 is 10.1 Å². The van der Waals surface area contributed by atoms with Crippen LogP contribution in [0.3, 0.4) is 0 Å². The number of aldehydes is 1. The highest BCUT2D eigenvalue weighted by Gasteiger charge is 2.30. The van der Waals surface area contributed by atoms with E-state index < -0.39 is 18.1 Å². The molecule has 7 nitrogen and oxygen atoms in total. The van der Waals surface area contributed by atoms with Crippen LogP contribution in [0.2, 0.25) is 0 Å². The predicted molar refractivity (Wildman–Crippen MR) is 175 cm³/mol. The first-order valence-corrected chi connectivity index (χ1v) is 15.2. The number of amides is 1. The van der Waals surface area contributed by atoms with Gasteiger partial charge in [-0.3, -0.25) is 4.79 Å². The molecule has 0 bridgehead atoms. The summed E-state index contributed by atoms with van der Waals surface area (Å²) in [7, 11) is 0. The van der Waals surface area contributed by atoms with Gasteiger partial charge in [0.15, 0.2) is 6.29 Å². The molecule has 0 aromatic heterocycles. The Kier molecular flexibility index (Phi) is 9.49. The van der Waals surface area contributed by atoms with Crippen molar-refractivity contribution in [1.29, 1.82) is 0 Å². The molecule has 5 aromatic rings. The number of rotatable bonds is 12. The molecule has 6 rings (SSSR count). The minimum absolute atomic E-state index is 0.0500. The minimum atomic E-state index is -1.06. The molecule has 0 saturated carbocycles. The zero-order valence-electron chi connectivity index (χ0n) is 25.1. The summed E-state index contributed by atoms with van der Waals surface area (Å²) in [6.07, 6.45) is 0.0605. The van der Waals surface area contributed by atoms with Crippen molar-refractivity contribution in [2.24, 2.45) is 0 Å². The van der Waals surface area contributed by atoms with Crippen molar-refractivity contribution in [2.75, 3.05) is 6.61 Å². The number of esters is 1. The summed E-state index contributed by atoms with van der Waals surface area (Å²) in [5, 5.41) is 2.72. The SMILES string of the molecule is O=Cc1cc(C[C@H](NC(=O)OCC2c3ccccc3-c3ccccc32)C(=O)OCc2ccccc2)ccc1OCc1ccccc1. The van der Waals surface area contributed by atoms with Crippen LogP contribution in [0, 0.1) is 0 Å². The molecule has 5 aromatic carbocycles. The molecule has 1 aliphatic carbocycles. The minimum Gasteiger partial charge on any atom is -0.488 e. The second-order valence-electron chi connectivity index (χ2n) is 11.1. The van der Waals surface area contributed by atoms with Gasteiger partial charge in [0.05, 0.1) is 5.56 Å². The van der Waals surface area contributed by atoms with Crippen LogP contribution in [-0.4, -0.2) is 31.0 Å². The molecule has 0 radical (unpaired) electrons. The standard InChI is InChI=1S/C39H33NO6/c41-23-30-21-29(19-20-37(30)44-24-27-11-3-1-4-12-27)22-36(38(42)45-25-28-13-5-2-6-14-28)40-39(43)46-26-35-33-17-9-7-15-31(33)32-16-8-10-18-34(32)35/h1-21,23,35-36H,22,24-26H2,(H,40,43)/t36-/m0/s1. The topological polar surface area (TPSA) is 90.9 Å². The summed E-state index contributed by atoms with van der Waals surface area (Å²) in [6.45, 7) is 0.460. The van der Waals surface area contributed by atoms with Crippen molar-refractivity contribution in [3.63, 3.8) is 0 Å². The molecule has 1 N–H and O–H groups in total. The Hall–Kier alpha value is -5.69. The number of hydrogen-bond donors (Lipinski definition) is 1. The van der Waals surface area contributed by atoms with Crippen LogP contribution in [0.4, 0.5) is 4.79 Å². The van der Waals surface area contributed by atoms with Crippen LogP contribution in [0.15, 0.2) is 127 Å². The van der Waals surface area contributed by atoms with Crippen molar-refractivity contribution >= 4 is 18.3 Å². The average molecular weight is 612 g/mol. The molecule has 0 fully saturated rings. The second kappa shape index (κ2) is 14.4. The molecule has 0 saturated heterocycles. The lowest BCUT2D eigenvalue weighted by atomic mass is 9.98. The Morgan fingerprint density at radius 2 is 1.26 bits per heavy atom. The zero-order chi connectivity index (χ0) is 31.7. The van der Waals surface area contributed by atoms with Crippen LogP contribution in [0.25, 0.3) is 11.1 Å². The van der Waals surface area contributed by atoms with Crippen LogP contribution in [0.1, 0.15) is 44.1 Å². The first-order valence-electron chi connectivity index (χ1n) is 15.2. The Morgan fingerprint density at radius 3 is 1.89 bits per heavy atom. The van der Waals surface area contributed by atoms with Gasteiger partial charge in [0.1, 0.15) is 31.6 Å². The fraction of sp³-hybridized carbons (Fsp3) is 0.154. The zero-order valence-corrected chi connectivity index (χ0v) is 25.1. The highest BCUT2D eigenvalue weighted by atomic mass is 16.6. The largest absolute Gasteiger partial charge is 0.488 e. The van der Waals surface area contributed by atoms with Gasteiger partial charge in [-0.05, 0) is 51.1 Å². The van der Waals surface area contributed by atoms with Gasteiger partial charge in [-0.2, -0.15) is 0 Å². The number of alkyl carbamates (subject to hydrolysis) is 1. The van der Waals surface area contributed by atoms with E-state index in [2.05, 4.69) is 17.4 Å². The van der Waals surface area contributed by atoms with Crippen LogP contribution in [-0.2, 0) is 33.9 Å². The maximum Gasteiger partial charge on any atom is 0.407 e. The maximum atomic E-state index is 13.3. The average Bonchev–Trinajstić information content (AvgIpc) is 3.43. The van der Waals surface area contributed by atoms with Gasteiger partial charge in [0.25, 0.3) is 0 Å². The van der Waals surface area contributed by atoms with Crippen molar-refractivity contribution in [3.05, 3.63) is 161 Å². The van der Waals surface area contributed by atoms with E-state index in [1.807, 2.05) is 97.1 Å². The molecule has 46 heavy (non-hydrogen) atoms. The number of carbonyl (C=O) groups is 3. The molecule has 1 atom stereocenters. The molecule has 0 aliphatic heterocycles. The molecular formula is C39H33NO6. The van der Waals surface area contributed by atoms with Gasteiger partial charge in [-0.25, -0.2) is 9.59 Å². The highest BCUT2D eigenvalue weighted by molar-refractivity contribution is 5.83. The number of hydrogen-bond acceptors (Lipinski definition) is 6. The van der Waals surface area contributed by atoms with E-state index in [1.165, 1.54) is 0 Å². The number of benzene rings is 5. The lowest BCUT2D eigenvalue weighted by Crippen LogP contribution is -2.44. The number of fused-ring (bicyclic) bond motifs is 3. The molecule has 0 unspecified atom stereocenters. The van der Waals surface area contributed by atoms with Crippen molar-refractivity contribution in [2.45, 2.75) is 31.6 Å². The first kappa shape index (κ1) is 30.3. The van der Waals surface area contributed by atoms with Gasteiger partial charge < -0.3 is 19.5 Å². The van der Waals surface area contributed by atoms with Crippen LogP contribution >= 0.6 is 0 Å². The van der Waals surface area contributed by atoms with E-state index in [0.717, 1.165) is 33.4 Å². The van der Waals surface area contributed by atoms with E-state index >= 15 is 0 Å². The van der Waals surface area contributed by atoms with Gasteiger partial charge in [-0.15, -0.1) is 0 Å². The quantitative estimate of drug-likeness (QED) is 0.118. The third-order valence-electron chi connectivity index (χ3n) is 8.02. The Labute approximate surface area is 267 Å². The third kappa shape index (κ3) is 7.16. The maximum absolute atomic E-state index is 13.3. The Bertz CT molecular complexity index is 1780. The van der Waals surface area contributed by atoms with Crippen molar-refractivity contribution in [3.8, 4) is 16.9 Å². The molecule has 0 heterocycles. The molecule has 1 amide bonds. The van der Waals surface area contributed by atoms with Gasteiger partial charge >= 0.3 is 12.1 Å². The molecule has 230 valence electrons. The summed E-state index contributed by atoms with van der Waals surface area (Å²) in [4.78, 5) is 38.5. The van der Waals surface area contributed by atoms with Gasteiger partial charge in [0.2, 0.25) is 0 Å². The first-order chi connectivity index (χ1) is 22.6. The summed E-state index contributed by atoms with van der Waals surface area (Å²) < 4.78 is 17.2. The molecule has 7 heteroatoms. The number of carbonyl (C=O) groups excluding carboxylic acids is 3. The molecule has 0 spiro atoms.